The Morgan fingerprint density at radius 3 is 2.81 bits per heavy atom. The van der Waals surface area contributed by atoms with Crippen LogP contribution < -0.4 is 5.32 Å². The summed E-state index contributed by atoms with van der Waals surface area (Å²) in [7, 11) is 0. The van der Waals surface area contributed by atoms with Gasteiger partial charge in [-0.3, -0.25) is 0 Å². The third-order valence-corrected chi connectivity index (χ3v) is 3.42. The monoisotopic (exact) mass is 224 g/mol. The van der Waals surface area contributed by atoms with Crippen molar-refractivity contribution in [2.24, 2.45) is 5.92 Å². The van der Waals surface area contributed by atoms with Gasteiger partial charge in [0, 0.05) is 25.3 Å². The fraction of sp³-hybridized carbons (Fsp3) is 0.750. The van der Waals surface area contributed by atoms with Crippen molar-refractivity contribution in [3.05, 3.63) is 17.0 Å². The van der Waals surface area contributed by atoms with Gasteiger partial charge in [-0.15, -0.1) is 0 Å². The van der Waals surface area contributed by atoms with Crippen molar-refractivity contribution in [2.45, 2.75) is 39.8 Å². The van der Waals surface area contributed by atoms with Crippen LogP contribution in [0.2, 0.25) is 0 Å². The van der Waals surface area contributed by atoms with Crippen LogP contribution in [0.25, 0.3) is 0 Å². The average Bonchev–Trinajstić information content (AvgIpc) is 2.79. The van der Waals surface area contributed by atoms with Crippen molar-refractivity contribution in [1.82, 2.24) is 10.5 Å². The van der Waals surface area contributed by atoms with E-state index in [-0.39, 0.29) is 0 Å². The molecule has 0 saturated carbocycles. The minimum atomic E-state index is 0.386. The fourth-order valence-electron chi connectivity index (χ4n) is 2.18. The third-order valence-electron chi connectivity index (χ3n) is 3.42. The Labute approximate surface area is 96.3 Å². The summed E-state index contributed by atoms with van der Waals surface area (Å²) in [6.45, 7) is 8.83. The second-order valence-electron chi connectivity index (χ2n) is 4.56. The van der Waals surface area contributed by atoms with E-state index in [9.17, 15) is 0 Å². The van der Waals surface area contributed by atoms with E-state index in [1.165, 1.54) is 5.56 Å². The first-order chi connectivity index (χ1) is 7.68. The molecule has 1 N–H and O–H groups in total. The van der Waals surface area contributed by atoms with Gasteiger partial charge in [0.05, 0.1) is 11.8 Å². The van der Waals surface area contributed by atoms with E-state index in [2.05, 4.69) is 17.4 Å². The molecule has 16 heavy (non-hydrogen) atoms. The second-order valence-corrected chi connectivity index (χ2v) is 4.56. The van der Waals surface area contributed by atoms with Gasteiger partial charge in [0.2, 0.25) is 0 Å². The van der Waals surface area contributed by atoms with Crippen LogP contribution in [-0.4, -0.2) is 24.4 Å². The van der Waals surface area contributed by atoms with Crippen LogP contribution in [0.5, 0.6) is 0 Å². The zero-order valence-corrected chi connectivity index (χ0v) is 10.2. The fourth-order valence-corrected chi connectivity index (χ4v) is 2.18. The molecule has 1 aromatic heterocycles. The van der Waals surface area contributed by atoms with Crippen molar-refractivity contribution >= 4 is 0 Å². The summed E-state index contributed by atoms with van der Waals surface area (Å²) in [4.78, 5) is 0. The smallest absolute Gasteiger partial charge is 0.138 e. The molecule has 0 radical (unpaired) electrons. The number of aromatic nitrogens is 1. The van der Waals surface area contributed by atoms with Crippen LogP contribution in [0.4, 0.5) is 0 Å². The first-order valence-electron chi connectivity index (χ1n) is 5.92. The lowest BCUT2D eigenvalue weighted by Gasteiger charge is -2.14. The minimum absolute atomic E-state index is 0.386. The molecule has 0 aromatic carbocycles. The molecule has 1 aliphatic rings. The topological polar surface area (TPSA) is 47.3 Å². The molecule has 2 unspecified atom stereocenters. The predicted octanol–water partition coefficient (Wildman–Crippen LogP) is 1.81. The minimum Gasteiger partial charge on any atom is -0.378 e. The van der Waals surface area contributed by atoms with Crippen molar-refractivity contribution in [1.29, 1.82) is 0 Å². The summed E-state index contributed by atoms with van der Waals surface area (Å²) < 4.78 is 10.7. The molecule has 0 bridgehead atoms. The van der Waals surface area contributed by atoms with Gasteiger partial charge in [0.1, 0.15) is 5.76 Å². The molecule has 2 rings (SSSR count). The molecule has 1 fully saturated rings. The maximum absolute atomic E-state index is 5.53. The standard InChI is InChI=1S/C12H20N2O2/c1-8-12(10(3)16-14-8)7-13-6-11-4-5-15-9(11)2/h9,11,13H,4-7H2,1-3H3. The molecule has 1 aliphatic heterocycles. The third kappa shape index (κ3) is 2.44. The molecule has 0 aliphatic carbocycles. The second kappa shape index (κ2) is 4.97. The van der Waals surface area contributed by atoms with E-state index in [0.29, 0.717) is 12.0 Å². The molecular weight excluding hydrogens is 204 g/mol. The van der Waals surface area contributed by atoms with Crippen LogP contribution in [-0.2, 0) is 11.3 Å². The van der Waals surface area contributed by atoms with E-state index in [4.69, 9.17) is 9.26 Å². The van der Waals surface area contributed by atoms with Crippen LogP contribution in [0, 0.1) is 19.8 Å². The number of hydrogen-bond acceptors (Lipinski definition) is 4. The predicted molar refractivity (Wildman–Crippen MR) is 61.2 cm³/mol. The quantitative estimate of drug-likeness (QED) is 0.847. The average molecular weight is 224 g/mol. The van der Waals surface area contributed by atoms with Crippen LogP contribution in [0.3, 0.4) is 0 Å². The van der Waals surface area contributed by atoms with Gasteiger partial charge in [-0.2, -0.15) is 0 Å². The summed E-state index contributed by atoms with van der Waals surface area (Å²) in [5.41, 5.74) is 2.17. The Balaban J connectivity index is 1.80. The highest BCUT2D eigenvalue weighted by molar-refractivity contribution is 5.20. The Hall–Kier alpha value is -0.870. The number of rotatable bonds is 4. The Kier molecular flexibility index (Phi) is 3.61. The lowest BCUT2D eigenvalue weighted by Crippen LogP contribution is -2.26. The largest absolute Gasteiger partial charge is 0.378 e. The van der Waals surface area contributed by atoms with E-state index in [1.54, 1.807) is 0 Å². The van der Waals surface area contributed by atoms with Crippen molar-refractivity contribution in [3.8, 4) is 0 Å². The highest BCUT2D eigenvalue weighted by Crippen LogP contribution is 2.19. The molecule has 4 nitrogen and oxygen atoms in total. The summed E-state index contributed by atoms with van der Waals surface area (Å²) in [5.74, 6) is 1.56. The molecule has 0 amide bonds. The van der Waals surface area contributed by atoms with E-state index >= 15 is 0 Å². The van der Waals surface area contributed by atoms with Crippen molar-refractivity contribution in [2.75, 3.05) is 13.2 Å². The molecular formula is C12H20N2O2. The first kappa shape index (κ1) is 11.6. The number of aryl methyl sites for hydroxylation is 2. The molecule has 4 heteroatoms. The number of hydrogen-bond donors (Lipinski definition) is 1. The zero-order chi connectivity index (χ0) is 11.5. The first-order valence-corrected chi connectivity index (χ1v) is 5.92. The number of ether oxygens (including phenoxy) is 1. The van der Waals surface area contributed by atoms with Crippen LogP contribution in [0.15, 0.2) is 4.52 Å². The van der Waals surface area contributed by atoms with Crippen molar-refractivity contribution in [3.63, 3.8) is 0 Å². The Morgan fingerprint density at radius 2 is 2.25 bits per heavy atom. The number of nitrogens with zero attached hydrogens (tertiary/aromatic N) is 1. The van der Waals surface area contributed by atoms with Gasteiger partial charge in [-0.05, 0) is 33.1 Å². The van der Waals surface area contributed by atoms with Crippen LogP contribution in [0.1, 0.15) is 30.4 Å². The maximum atomic E-state index is 5.53. The maximum Gasteiger partial charge on any atom is 0.138 e. The SMILES string of the molecule is Cc1noc(C)c1CNCC1CCOC1C. The summed E-state index contributed by atoms with van der Waals surface area (Å²) in [5, 5.41) is 7.40. The highest BCUT2D eigenvalue weighted by atomic mass is 16.5. The summed E-state index contributed by atoms with van der Waals surface area (Å²) in [6.07, 6.45) is 1.55. The van der Waals surface area contributed by atoms with Crippen molar-refractivity contribution < 1.29 is 9.26 Å². The lowest BCUT2D eigenvalue weighted by molar-refractivity contribution is 0.105. The molecule has 1 saturated heterocycles. The van der Waals surface area contributed by atoms with Gasteiger partial charge >= 0.3 is 0 Å². The van der Waals surface area contributed by atoms with Gasteiger partial charge in [0.25, 0.3) is 0 Å². The van der Waals surface area contributed by atoms with Gasteiger partial charge in [-0.1, -0.05) is 5.16 Å². The van der Waals surface area contributed by atoms with E-state index in [1.807, 2.05) is 13.8 Å². The molecule has 1 aromatic rings. The highest BCUT2D eigenvalue weighted by Gasteiger charge is 2.23. The van der Waals surface area contributed by atoms with E-state index < -0.39 is 0 Å². The van der Waals surface area contributed by atoms with Gasteiger partial charge < -0.3 is 14.6 Å². The molecule has 90 valence electrons. The molecule has 2 atom stereocenters. The molecule has 2 heterocycles. The molecule has 0 spiro atoms. The van der Waals surface area contributed by atoms with E-state index in [0.717, 1.165) is 37.6 Å². The van der Waals surface area contributed by atoms with Crippen LogP contribution >= 0.6 is 0 Å². The normalized spacial score (nSPS) is 25.2. The lowest BCUT2D eigenvalue weighted by atomic mass is 10.0. The Bertz CT molecular complexity index is 329. The summed E-state index contributed by atoms with van der Waals surface area (Å²) >= 11 is 0. The Morgan fingerprint density at radius 1 is 1.44 bits per heavy atom. The number of nitrogens with one attached hydrogen (secondary N) is 1. The van der Waals surface area contributed by atoms with Gasteiger partial charge in [-0.25, -0.2) is 0 Å². The van der Waals surface area contributed by atoms with Gasteiger partial charge in [0.15, 0.2) is 0 Å². The summed E-state index contributed by atoms with van der Waals surface area (Å²) in [6, 6.07) is 0. The zero-order valence-electron chi connectivity index (χ0n) is 10.2.